The van der Waals surface area contributed by atoms with Gasteiger partial charge in [-0.15, -0.1) is 23.2 Å². The number of carbonyl (C=O) groups is 2. The Kier molecular flexibility index (Phi) is 6.14. The number of hydrogen-bond donors (Lipinski definition) is 0. The quantitative estimate of drug-likeness (QED) is 0.251. The maximum Gasteiger partial charge on any atom is 0.422 e. The molecule has 1 aliphatic heterocycles. The summed E-state index contributed by atoms with van der Waals surface area (Å²) < 4.78 is 14.9. The molecule has 0 aromatic heterocycles. The number of ether oxygens (including phenoxy) is 3. The Labute approximate surface area is 118 Å². The number of hydrogen-bond acceptors (Lipinski definition) is 5. The van der Waals surface area contributed by atoms with Crippen LogP contribution in [0.5, 0.6) is 0 Å². The molecule has 0 N–H and O–H groups in total. The van der Waals surface area contributed by atoms with Crippen molar-refractivity contribution in [2.45, 2.75) is 29.5 Å². The van der Waals surface area contributed by atoms with Gasteiger partial charge in [0.2, 0.25) is 0 Å². The highest BCUT2D eigenvalue weighted by atomic mass is 35.5. The highest BCUT2D eigenvalue weighted by Crippen LogP contribution is 2.23. The van der Waals surface area contributed by atoms with Crippen LogP contribution in [0.15, 0.2) is 12.3 Å². The molecule has 0 radical (unpaired) electrons. The molecule has 0 saturated carbocycles. The average molecular weight is 313 g/mol. The van der Waals surface area contributed by atoms with Gasteiger partial charge in [0.15, 0.2) is 5.41 Å². The molecule has 1 fully saturated rings. The lowest BCUT2D eigenvalue weighted by atomic mass is 10.2. The van der Waals surface area contributed by atoms with Gasteiger partial charge in [-0.2, -0.15) is 0 Å². The first-order valence-electron chi connectivity index (χ1n) is 5.46. The van der Waals surface area contributed by atoms with E-state index in [4.69, 9.17) is 32.7 Å². The Bertz CT molecular complexity index is 339. The summed E-state index contributed by atoms with van der Waals surface area (Å²) in [5, 5.41) is 0. The zero-order chi connectivity index (χ0) is 13.6. The Morgan fingerprint density at radius 1 is 1.33 bits per heavy atom. The van der Waals surface area contributed by atoms with Crippen molar-refractivity contribution in [3.63, 3.8) is 0 Å². The highest BCUT2D eigenvalue weighted by molar-refractivity contribution is 6.45. The summed E-state index contributed by atoms with van der Waals surface area (Å²) in [6, 6.07) is 0. The molecule has 1 atom stereocenters. The first-order chi connectivity index (χ1) is 8.43. The van der Waals surface area contributed by atoms with Crippen LogP contribution in [0, 0.1) is 0 Å². The molecule has 18 heavy (non-hydrogen) atoms. The summed E-state index contributed by atoms with van der Waals surface area (Å²) in [5.41, 5.74) is -0.917. The third kappa shape index (κ3) is 5.39. The van der Waals surface area contributed by atoms with E-state index < -0.39 is 22.2 Å². The summed E-state index contributed by atoms with van der Waals surface area (Å²) in [5.74, 6) is -2.19. The Morgan fingerprint density at radius 2 is 2.06 bits per heavy atom. The number of halogens is 2. The number of rotatable bonds is 3. The van der Waals surface area contributed by atoms with Crippen LogP contribution in [0.2, 0.25) is 0 Å². The Hall–Kier alpha value is -0.563. The van der Waals surface area contributed by atoms with Crippen molar-refractivity contribution < 1.29 is 23.8 Å². The molecule has 102 valence electrons. The van der Waals surface area contributed by atoms with Crippen molar-refractivity contribution in [1.29, 1.82) is 0 Å². The SMILES string of the molecule is O=C(OC=CC(Cl)Cl)C(=O)OC1([SiH3])CCCCO1. The molecule has 1 unspecified atom stereocenters. The lowest BCUT2D eigenvalue weighted by molar-refractivity contribution is -0.210. The molecule has 5 nitrogen and oxygen atoms in total. The van der Waals surface area contributed by atoms with Gasteiger partial charge in [-0.1, -0.05) is 0 Å². The summed E-state index contributed by atoms with van der Waals surface area (Å²) >= 11 is 10.8. The van der Waals surface area contributed by atoms with E-state index in [2.05, 4.69) is 4.74 Å². The summed E-state index contributed by atoms with van der Waals surface area (Å²) in [4.78, 5) is 21.9. The van der Waals surface area contributed by atoms with E-state index in [1.165, 1.54) is 6.08 Å². The second-order valence-electron chi connectivity index (χ2n) is 3.90. The monoisotopic (exact) mass is 312 g/mol. The van der Waals surface area contributed by atoms with Gasteiger partial charge >= 0.3 is 11.9 Å². The fourth-order valence-electron chi connectivity index (χ4n) is 1.44. The van der Waals surface area contributed by atoms with Crippen molar-refractivity contribution in [2.75, 3.05) is 6.61 Å². The molecule has 0 spiro atoms. The van der Waals surface area contributed by atoms with Crippen LogP contribution in [0.3, 0.4) is 0 Å². The van der Waals surface area contributed by atoms with Crippen LogP contribution in [-0.2, 0) is 23.8 Å². The van der Waals surface area contributed by atoms with Crippen LogP contribution < -0.4 is 0 Å². The molecular formula is C10H14Cl2O5Si. The molecule has 0 aromatic rings. The summed E-state index contributed by atoms with van der Waals surface area (Å²) in [7, 11) is 0.493. The van der Waals surface area contributed by atoms with E-state index in [0.717, 1.165) is 19.1 Å². The zero-order valence-electron chi connectivity index (χ0n) is 9.86. The topological polar surface area (TPSA) is 61.8 Å². The predicted molar refractivity (Wildman–Crippen MR) is 69.3 cm³/mol. The standard InChI is InChI=1S/C10H14Cl2O5Si/c11-7(12)3-6-15-8(13)9(14)17-10(18)4-1-2-5-16-10/h3,6-7H,1-2,4-5H2,18H3. The van der Waals surface area contributed by atoms with Crippen LogP contribution in [0.4, 0.5) is 0 Å². The molecule has 1 saturated heterocycles. The van der Waals surface area contributed by atoms with E-state index in [-0.39, 0.29) is 0 Å². The maximum atomic E-state index is 11.4. The van der Waals surface area contributed by atoms with Gasteiger partial charge in [0.1, 0.15) is 4.84 Å². The lowest BCUT2D eigenvalue weighted by Crippen LogP contribution is -2.43. The van der Waals surface area contributed by atoms with Crippen LogP contribution in [-0.4, -0.2) is 39.0 Å². The lowest BCUT2D eigenvalue weighted by Gasteiger charge is -2.32. The zero-order valence-corrected chi connectivity index (χ0v) is 13.4. The fraction of sp³-hybridized carbons (Fsp3) is 0.600. The van der Waals surface area contributed by atoms with Gasteiger partial charge in [-0.25, -0.2) is 9.59 Å². The fourth-order valence-corrected chi connectivity index (χ4v) is 2.30. The third-order valence-electron chi connectivity index (χ3n) is 2.31. The first-order valence-corrected chi connectivity index (χ1v) is 7.33. The van der Waals surface area contributed by atoms with E-state index in [1.807, 2.05) is 0 Å². The predicted octanol–water partition coefficient (Wildman–Crippen LogP) is 0.610. The molecule has 0 amide bonds. The minimum absolute atomic E-state index is 0.493. The van der Waals surface area contributed by atoms with Crippen molar-refractivity contribution in [2.24, 2.45) is 0 Å². The number of alkyl halides is 2. The van der Waals surface area contributed by atoms with E-state index in [1.54, 1.807) is 0 Å². The van der Waals surface area contributed by atoms with E-state index in [9.17, 15) is 9.59 Å². The number of esters is 2. The molecule has 0 bridgehead atoms. The highest BCUT2D eigenvalue weighted by Gasteiger charge is 2.34. The van der Waals surface area contributed by atoms with Gasteiger partial charge in [0.25, 0.3) is 0 Å². The second kappa shape index (κ2) is 7.13. The van der Waals surface area contributed by atoms with Crippen molar-refractivity contribution in [3.05, 3.63) is 12.3 Å². The normalized spacial score (nSPS) is 24.4. The molecule has 1 aliphatic rings. The maximum absolute atomic E-state index is 11.4. The van der Waals surface area contributed by atoms with Crippen LogP contribution in [0.25, 0.3) is 0 Å². The van der Waals surface area contributed by atoms with Gasteiger partial charge in [-0.05, 0) is 18.9 Å². The summed E-state index contributed by atoms with van der Waals surface area (Å²) in [6.45, 7) is 0.534. The number of carbonyl (C=O) groups excluding carboxylic acids is 2. The largest absolute Gasteiger partial charge is 0.430 e. The second-order valence-corrected chi connectivity index (χ2v) is 6.58. The van der Waals surface area contributed by atoms with E-state index >= 15 is 0 Å². The molecule has 0 aromatic carbocycles. The first kappa shape index (κ1) is 15.5. The molecule has 8 heteroatoms. The van der Waals surface area contributed by atoms with E-state index in [0.29, 0.717) is 23.3 Å². The van der Waals surface area contributed by atoms with Crippen LogP contribution in [0.1, 0.15) is 19.3 Å². The summed E-state index contributed by atoms with van der Waals surface area (Å²) in [6.07, 6.45) is 4.62. The van der Waals surface area contributed by atoms with Gasteiger partial charge in [-0.3, -0.25) is 0 Å². The smallest absolute Gasteiger partial charge is 0.422 e. The Morgan fingerprint density at radius 3 is 2.61 bits per heavy atom. The molecule has 1 heterocycles. The Balaban J connectivity index is 2.41. The van der Waals surface area contributed by atoms with Gasteiger partial charge < -0.3 is 14.2 Å². The van der Waals surface area contributed by atoms with Crippen LogP contribution >= 0.6 is 23.2 Å². The van der Waals surface area contributed by atoms with Crippen molar-refractivity contribution >= 4 is 45.4 Å². The molecule has 0 aliphatic carbocycles. The molecular weight excluding hydrogens is 299 g/mol. The third-order valence-corrected chi connectivity index (χ3v) is 3.59. The average Bonchev–Trinajstić information content (AvgIpc) is 2.28. The van der Waals surface area contributed by atoms with Gasteiger partial charge in [0.05, 0.1) is 23.1 Å². The van der Waals surface area contributed by atoms with Gasteiger partial charge in [0, 0.05) is 6.42 Å². The number of allylic oxidation sites excluding steroid dienone is 1. The van der Waals surface area contributed by atoms with Crippen molar-refractivity contribution in [3.8, 4) is 0 Å². The minimum atomic E-state index is -1.12. The molecule has 1 rings (SSSR count). The van der Waals surface area contributed by atoms with Crippen molar-refractivity contribution in [1.82, 2.24) is 0 Å². The minimum Gasteiger partial charge on any atom is -0.430 e.